The molecule has 0 aromatic rings. The van der Waals surface area contributed by atoms with Crippen molar-refractivity contribution in [1.29, 1.82) is 0 Å². The molecule has 4 aliphatic carbocycles. The van der Waals surface area contributed by atoms with Crippen LogP contribution in [-0.2, 0) is 9.53 Å². The Bertz CT molecular complexity index is 842. The van der Waals surface area contributed by atoms with Crippen molar-refractivity contribution in [3.63, 3.8) is 0 Å². The smallest absolute Gasteiger partial charge is 0.309 e. The quantitative estimate of drug-likeness (QED) is 0.317. The zero-order chi connectivity index (χ0) is 24.6. The van der Waals surface area contributed by atoms with E-state index < -0.39 is 57.8 Å². The molecule has 10 unspecified atom stereocenters. The first-order chi connectivity index (χ1) is 15.2. The van der Waals surface area contributed by atoms with Gasteiger partial charge in [0.25, 0.3) is 0 Å². The summed E-state index contributed by atoms with van der Waals surface area (Å²) in [6.07, 6.45) is 2.53. The second kappa shape index (κ2) is 7.76. The molecule has 3 saturated carbocycles. The van der Waals surface area contributed by atoms with E-state index in [0.29, 0.717) is 25.7 Å². The molecule has 5 N–H and O–H groups in total. The predicted molar refractivity (Wildman–Crippen MR) is 122 cm³/mol. The molecule has 0 aromatic heterocycles. The fourth-order valence-corrected chi connectivity index (χ4v) is 7.91. The van der Waals surface area contributed by atoms with Gasteiger partial charge in [-0.15, -0.1) is 0 Å². The summed E-state index contributed by atoms with van der Waals surface area (Å²) in [5.74, 6) is -1.15. The Morgan fingerprint density at radius 3 is 2.45 bits per heavy atom. The number of fused-ring (bicyclic) bond motifs is 5. The fraction of sp³-hybridized carbons (Fsp3) is 0.885. The third kappa shape index (κ3) is 3.02. The molecule has 3 fully saturated rings. The van der Waals surface area contributed by atoms with E-state index in [0.717, 1.165) is 5.57 Å². The molecule has 0 radical (unpaired) electrons. The van der Waals surface area contributed by atoms with Crippen molar-refractivity contribution in [1.82, 2.24) is 0 Å². The molecule has 0 aliphatic heterocycles. The van der Waals surface area contributed by atoms with E-state index in [1.807, 2.05) is 13.0 Å². The van der Waals surface area contributed by atoms with Gasteiger partial charge in [0.15, 0.2) is 0 Å². The number of hydrogen-bond donors (Lipinski definition) is 5. The first-order valence-corrected chi connectivity index (χ1v) is 12.6. The van der Waals surface area contributed by atoms with Crippen LogP contribution in [0.25, 0.3) is 0 Å². The summed E-state index contributed by atoms with van der Waals surface area (Å²) in [6, 6.07) is 0. The van der Waals surface area contributed by atoms with Crippen molar-refractivity contribution in [2.45, 2.75) is 121 Å². The largest absolute Gasteiger partial charge is 0.459 e. The molecule has 0 bridgehead atoms. The van der Waals surface area contributed by atoms with E-state index in [1.165, 1.54) is 0 Å². The number of ether oxygens (including phenoxy) is 1. The van der Waals surface area contributed by atoms with E-state index in [9.17, 15) is 30.3 Å². The molecule has 7 nitrogen and oxygen atoms in total. The minimum Gasteiger partial charge on any atom is -0.459 e. The lowest BCUT2D eigenvalue weighted by molar-refractivity contribution is -0.325. The highest BCUT2D eigenvalue weighted by Gasteiger charge is 2.80. The van der Waals surface area contributed by atoms with E-state index in [-0.39, 0.29) is 31.6 Å². The van der Waals surface area contributed by atoms with Gasteiger partial charge in [-0.3, -0.25) is 4.79 Å². The van der Waals surface area contributed by atoms with Gasteiger partial charge in [0.1, 0.15) is 22.9 Å². The standard InChI is InChI=1S/C26H42O7/c1-6-15(2)21(29)33-16(3)24(30)11-12-26(32)23(24,5)20(28)14-19-22(4)9-8-18(27)13-17(22)7-10-25(19,26)31/h7,15-16,18-20,27-28,30-32H,6,8-14H2,1-5H3. The monoisotopic (exact) mass is 466 g/mol. The van der Waals surface area contributed by atoms with Gasteiger partial charge in [0.2, 0.25) is 0 Å². The van der Waals surface area contributed by atoms with Crippen molar-refractivity contribution >= 4 is 5.97 Å². The molecule has 188 valence electrons. The molecule has 0 aromatic carbocycles. The van der Waals surface area contributed by atoms with Gasteiger partial charge in [-0.05, 0) is 63.7 Å². The third-order valence-electron chi connectivity index (χ3n) is 10.6. The molecule has 4 aliphatic rings. The zero-order valence-electron chi connectivity index (χ0n) is 20.7. The van der Waals surface area contributed by atoms with E-state index in [1.54, 1.807) is 20.8 Å². The van der Waals surface area contributed by atoms with Crippen LogP contribution in [0.5, 0.6) is 0 Å². The van der Waals surface area contributed by atoms with Crippen molar-refractivity contribution in [2.24, 2.45) is 22.7 Å². The van der Waals surface area contributed by atoms with Gasteiger partial charge in [-0.25, -0.2) is 0 Å². The van der Waals surface area contributed by atoms with Crippen molar-refractivity contribution < 1.29 is 35.1 Å². The van der Waals surface area contributed by atoms with Gasteiger partial charge in [-0.2, -0.15) is 0 Å². The number of hydrogen-bond acceptors (Lipinski definition) is 7. The van der Waals surface area contributed by atoms with Gasteiger partial charge in [0, 0.05) is 5.92 Å². The molecule has 0 amide bonds. The first-order valence-electron chi connectivity index (χ1n) is 12.6. The summed E-state index contributed by atoms with van der Waals surface area (Å²) in [6.45, 7) is 8.97. The average Bonchev–Trinajstić information content (AvgIpc) is 3.00. The van der Waals surface area contributed by atoms with E-state index in [2.05, 4.69) is 6.92 Å². The lowest BCUT2D eigenvalue weighted by Gasteiger charge is -2.67. The molecule has 10 atom stereocenters. The van der Waals surface area contributed by atoms with Gasteiger partial charge in [-0.1, -0.05) is 39.3 Å². The molecule has 33 heavy (non-hydrogen) atoms. The van der Waals surface area contributed by atoms with Crippen LogP contribution in [0.1, 0.15) is 86.0 Å². The first kappa shape index (κ1) is 25.1. The molecule has 0 saturated heterocycles. The Labute approximate surface area is 196 Å². The van der Waals surface area contributed by atoms with Gasteiger partial charge >= 0.3 is 5.97 Å². The van der Waals surface area contributed by atoms with Crippen molar-refractivity contribution in [3.05, 3.63) is 11.6 Å². The summed E-state index contributed by atoms with van der Waals surface area (Å²) in [7, 11) is 0. The third-order valence-corrected chi connectivity index (χ3v) is 10.6. The molecular weight excluding hydrogens is 424 g/mol. The van der Waals surface area contributed by atoms with Crippen LogP contribution in [0.3, 0.4) is 0 Å². The zero-order valence-corrected chi connectivity index (χ0v) is 20.7. The minimum atomic E-state index is -1.77. The lowest BCUT2D eigenvalue weighted by Crippen LogP contribution is -2.78. The van der Waals surface area contributed by atoms with Crippen LogP contribution in [0, 0.1) is 22.7 Å². The summed E-state index contributed by atoms with van der Waals surface area (Å²) in [4.78, 5) is 12.5. The molecule has 0 heterocycles. The minimum absolute atomic E-state index is 0.0944. The van der Waals surface area contributed by atoms with Crippen molar-refractivity contribution in [3.8, 4) is 0 Å². The van der Waals surface area contributed by atoms with E-state index >= 15 is 0 Å². The van der Waals surface area contributed by atoms with Crippen LogP contribution in [0.15, 0.2) is 11.6 Å². The summed E-state index contributed by atoms with van der Waals surface area (Å²) in [5, 5.41) is 58.1. The highest BCUT2D eigenvalue weighted by molar-refractivity contribution is 5.72. The topological polar surface area (TPSA) is 127 Å². The van der Waals surface area contributed by atoms with E-state index in [4.69, 9.17) is 4.74 Å². The highest BCUT2D eigenvalue weighted by atomic mass is 16.6. The lowest BCUT2D eigenvalue weighted by atomic mass is 9.42. The molecule has 4 rings (SSSR count). The maximum absolute atomic E-state index is 12.5. The molecular formula is C26H42O7. The van der Waals surface area contributed by atoms with Crippen LogP contribution < -0.4 is 0 Å². The fourth-order valence-electron chi connectivity index (χ4n) is 7.91. The number of aliphatic hydroxyl groups excluding tert-OH is 2. The summed E-state index contributed by atoms with van der Waals surface area (Å²) in [5.41, 5.74) is -5.87. The predicted octanol–water partition coefficient (Wildman–Crippen LogP) is 2.22. The number of carbonyl (C=O) groups is 1. The second-order valence-corrected chi connectivity index (χ2v) is 11.9. The Hall–Kier alpha value is -0.990. The number of aliphatic hydroxyl groups is 5. The number of carbonyl (C=O) groups excluding carboxylic acids is 1. The molecule has 0 spiro atoms. The van der Waals surface area contributed by atoms with Gasteiger partial charge in [0.05, 0.1) is 23.5 Å². The van der Waals surface area contributed by atoms with Crippen LogP contribution in [0.4, 0.5) is 0 Å². The number of rotatable bonds is 4. The summed E-state index contributed by atoms with van der Waals surface area (Å²) >= 11 is 0. The van der Waals surface area contributed by atoms with Crippen LogP contribution >= 0.6 is 0 Å². The Morgan fingerprint density at radius 2 is 1.82 bits per heavy atom. The second-order valence-electron chi connectivity index (χ2n) is 11.9. The summed E-state index contributed by atoms with van der Waals surface area (Å²) < 4.78 is 5.65. The maximum atomic E-state index is 12.5. The Morgan fingerprint density at radius 1 is 1.15 bits per heavy atom. The normalized spacial score (nSPS) is 51.0. The Kier molecular flexibility index (Phi) is 5.90. The van der Waals surface area contributed by atoms with Gasteiger partial charge < -0.3 is 30.3 Å². The highest BCUT2D eigenvalue weighted by Crippen LogP contribution is 2.70. The molecule has 7 heteroatoms. The van der Waals surface area contributed by atoms with Crippen molar-refractivity contribution in [2.75, 3.05) is 0 Å². The van der Waals surface area contributed by atoms with Crippen LogP contribution in [-0.4, -0.2) is 66.6 Å². The number of esters is 1. The average molecular weight is 467 g/mol. The van der Waals surface area contributed by atoms with Crippen LogP contribution in [0.2, 0.25) is 0 Å². The SMILES string of the molecule is CCC(C)C(=O)OC(C)C1(O)CCC2(O)C3(O)CC=C4CC(O)CCC4(C)C3CC(O)C12C. The maximum Gasteiger partial charge on any atom is 0.309 e. The Balaban J connectivity index is 1.74.